The van der Waals surface area contributed by atoms with Gasteiger partial charge in [0.05, 0.1) is 6.54 Å². The summed E-state index contributed by atoms with van der Waals surface area (Å²) in [6.07, 6.45) is 0.459. The topological polar surface area (TPSA) is 80.0 Å². The molecule has 6 nitrogen and oxygen atoms in total. The first-order valence-corrected chi connectivity index (χ1v) is 4.99. The third-order valence-corrected chi connectivity index (χ3v) is 1.79. The highest BCUT2D eigenvalue weighted by Crippen LogP contribution is 1.94. The van der Waals surface area contributed by atoms with Gasteiger partial charge in [0, 0.05) is 13.0 Å². The van der Waals surface area contributed by atoms with Crippen LogP contribution in [0.15, 0.2) is 4.52 Å². The fourth-order valence-electron chi connectivity index (χ4n) is 1.05. The minimum absolute atomic E-state index is 0.0215. The minimum Gasteiger partial charge on any atom is -0.347 e. The molecule has 84 valence electrons. The van der Waals surface area contributed by atoms with Crippen molar-refractivity contribution in [1.29, 1.82) is 0 Å². The van der Waals surface area contributed by atoms with E-state index in [1.54, 1.807) is 6.92 Å². The molecule has 1 rings (SSSR count). The van der Waals surface area contributed by atoms with Gasteiger partial charge in [-0.3, -0.25) is 4.79 Å². The van der Waals surface area contributed by atoms with Gasteiger partial charge in [0.2, 0.25) is 11.8 Å². The van der Waals surface area contributed by atoms with Gasteiger partial charge in [0.25, 0.3) is 0 Å². The first kappa shape index (κ1) is 11.6. The van der Waals surface area contributed by atoms with Gasteiger partial charge in [0.1, 0.15) is 0 Å². The molecule has 1 amide bonds. The van der Waals surface area contributed by atoms with Crippen LogP contribution in [0.2, 0.25) is 0 Å². The second kappa shape index (κ2) is 6.13. The second-order valence-electron chi connectivity index (χ2n) is 3.12. The number of amides is 1. The van der Waals surface area contributed by atoms with E-state index in [4.69, 9.17) is 4.52 Å². The molecule has 0 atom stereocenters. The van der Waals surface area contributed by atoms with E-state index in [-0.39, 0.29) is 5.91 Å². The zero-order chi connectivity index (χ0) is 11.1. The van der Waals surface area contributed by atoms with Gasteiger partial charge in [-0.05, 0) is 13.5 Å². The van der Waals surface area contributed by atoms with E-state index in [9.17, 15) is 4.79 Å². The molecule has 0 fully saturated rings. The molecule has 0 aromatic carbocycles. The first-order valence-electron chi connectivity index (χ1n) is 4.99. The van der Waals surface area contributed by atoms with Gasteiger partial charge in [-0.1, -0.05) is 12.1 Å². The molecule has 0 spiro atoms. The number of carbonyl (C=O) groups is 1. The van der Waals surface area contributed by atoms with Crippen LogP contribution in [0.1, 0.15) is 25.1 Å². The Morgan fingerprint density at radius 3 is 2.93 bits per heavy atom. The number of hydrogen-bond donors (Lipinski definition) is 2. The zero-order valence-electron chi connectivity index (χ0n) is 9.04. The van der Waals surface area contributed by atoms with E-state index < -0.39 is 0 Å². The van der Waals surface area contributed by atoms with Crippen LogP contribution < -0.4 is 10.6 Å². The number of aromatic nitrogens is 2. The molecule has 0 radical (unpaired) electrons. The van der Waals surface area contributed by atoms with Crippen molar-refractivity contribution in [2.45, 2.75) is 26.8 Å². The maximum absolute atomic E-state index is 11.3. The Bertz CT molecular complexity index is 311. The third-order valence-electron chi connectivity index (χ3n) is 1.79. The van der Waals surface area contributed by atoms with Gasteiger partial charge in [-0.2, -0.15) is 4.98 Å². The molecule has 0 aliphatic rings. The van der Waals surface area contributed by atoms with Crippen molar-refractivity contribution in [2.75, 3.05) is 13.1 Å². The highest BCUT2D eigenvalue weighted by molar-refractivity contribution is 5.75. The van der Waals surface area contributed by atoms with Crippen LogP contribution in [0.5, 0.6) is 0 Å². The van der Waals surface area contributed by atoms with Gasteiger partial charge in [-0.25, -0.2) is 0 Å². The summed E-state index contributed by atoms with van der Waals surface area (Å²) in [6.45, 7) is 5.59. The molecule has 0 saturated heterocycles. The SMILES string of the molecule is CCNCCC(=O)NCc1nc(C)no1. The molecule has 0 bridgehead atoms. The smallest absolute Gasteiger partial charge is 0.246 e. The maximum atomic E-state index is 11.3. The summed E-state index contributed by atoms with van der Waals surface area (Å²) < 4.78 is 4.85. The molecule has 6 heteroatoms. The normalized spacial score (nSPS) is 10.3. The van der Waals surface area contributed by atoms with Crippen LogP contribution >= 0.6 is 0 Å². The van der Waals surface area contributed by atoms with Crippen LogP contribution in [-0.4, -0.2) is 29.1 Å². The molecule has 0 saturated carbocycles. The number of nitrogens with one attached hydrogen (secondary N) is 2. The summed E-state index contributed by atoms with van der Waals surface area (Å²) >= 11 is 0. The van der Waals surface area contributed by atoms with Crippen LogP contribution in [-0.2, 0) is 11.3 Å². The third kappa shape index (κ3) is 4.55. The fourth-order valence-corrected chi connectivity index (χ4v) is 1.05. The Hall–Kier alpha value is -1.43. The van der Waals surface area contributed by atoms with Crippen molar-refractivity contribution in [1.82, 2.24) is 20.8 Å². The number of rotatable bonds is 6. The lowest BCUT2D eigenvalue weighted by molar-refractivity contribution is -0.121. The Labute approximate surface area is 88.4 Å². The largest absolute Gasteiger partial charge is 0.347 e. The van der Waals surface area contributed by atoms with Crippen molar-refractivity contribution in [3.63, 3.8) is 0 Å². The standard InChI is InChI=1S/C9H16N4O2/c1-3-10-5-4-8(14)11-6-9-12-7(2)13-15-9/h10H,3-6H2,1-2H3,(H,11,14). The first-order chi connectivity index (χ1) is 7.22. The van der Waals surface area contributed by atoms with Crippen molar-refractivity contribution < 1.29 is 9.32 Å². The Morgan fingerprint density at radius 1 is 1.53 bits per heavy atom. The summed E-state index contributed by atoms with van der Waals surface area (Å²) in [6, 6.07) is 0. The summed E-state index contributed by atoms with van der Waals surface area (Å²) in [4.78, 5) is 15.2. The minimum atomic E-state index is -0.0215. The number of hydrogen-bond acceptors (Lipinski definition) is 5. The zero-order valence-corrected chi connectivity index (χ0v) is 9.04. The highest BCUT2D eigenvalue weighted by Gasteiger charge is 2.05. The summed E-state index contributed by atoms with van der Waals surface area (Å²) in [5, 5.41) is 9.39. The van der Waals surface area contributed by atoms with E-state index >= 15 is 0 Å². The summed E-state index contributed by atoms with van der Waals surface area (Å²) in [5.41, 5.74) is 0. The average Bonchev–Trinajstić information content (AvgIpc) is 2.62. The summed E-state index contributed by atoms with van der Waals surface area (Å²) in [5.74, 6) is 0.989. The van der Waals surface area contributed by atoms with Crippen LogP contribution in [0.4, 0.5) is 0 Å². The molecule has 0 aliphatic heterocycles. The Balaban J connectivity index is 2.16. The predicted octanol–water partition coefficient (Wildman–Crippen LogP) is -0.00618. The molecule has 2 N–H and O–H groups in total. The lowest BCUT2D eigenvalue weighted by atomic mass is 10.4. The summed E-state index contributed by atoms with van der Waals surface area (Å²) in [7, 11) is 0. The number of carbonyl (C=O) groups excluding carboxylic acids is 1. The molecule has 15 heavy (non-hydrogen) atoms. The molecular formula is C9H16N4O2. The molecule has 0 aliphatic carbocycles. The van der Waals surface area contributed by atoms with E-state index in [2.05, 4.69) is 20.8 Å². The van der Waals surface area contributed by atoms with Crippen molar-refractivity contribution in [3.8, 4) is 0 Å². The lowest BCUT2D eigenvalue weighted by Crippen LogP contribution is -2.27. The van der Waals surface area contributed by atoms with Crippen molar-refractivity contribution in [3.05, 3.63) is 11.7 Å². The molecular weight excluding hydrogens is 196 g/mol. The maximum Gasteiger partial charge on any atom is 0.246 e. The van der Waals surface area contributed by atoms with Gasteiger partial charge in [0.15, 0.2) is 5.82 Å². The molecule has 1 heterocycles. The van der Waals surface area contributed by atoms with Gasteiger partial charge in [-0.15, -0.1) is 0 Å². The van der Waals surface area contributed by atoms with E-state index in [1.165, 1.54) is 0 Å². The second-order valence-corrected chi connectivity index (χ2v) is 3.12. The Kier molecular flexibility index (Phi) is 4.76. The molecule has 1 aromatic heterocycles. The van der Waals surface area contributed by atoms with E-state index in [1.807, 2.05) is 6.92 Å². The van der Waals surface area contributed by atoms with Crippen molar-refractivity contribution >= 4 is 5.91 Å². The predicted molar refractivity (Wildman–Crippen MR) is 54.0 cm³/mol. The monoisotopic (exact) mass is 212 g/mol. The number of aryl methyl sites for hydroxylation is 1. The van der Waals surface area contributed by atoms with Crippen LogP contribution in [0, 0.1) is 6.92 Å². The molecule has 0 unspecified atom stereocenters. The molecule has 1 aromatic rings. The van der Waals surface area contributed by atoms with Crippen molar-refractivity contribution in [2.24, 2.45) is 0 Å². The van der Waals surface area contributed by atoms with Gasteiger partial charge >= 0.3 is 0 Å². The average molecular weight is 212 g/mol. The van der Waals surface area contributed by atoms with Crippen LogP contribution in [0.25, 0.3) is 0 Å². The highest BCUT2D eigenvalue weighted by atomic mass is 16.5. The van der Waals surface area contributed by atoms with Crippen LogP contribution in [0.3, 0.4) is 0 Å². The van der Waals surface area contributed by atoms with Gasteiger partial charge < -0.3 is 15.2 Å². The quantitative estimate of drug-likeness (QED) is 0.648. The lowest BCUT2D eigenvalue weighted by Gasteiger charge is -2.02. The van der Waals surface area contributed by atoms with E-state index in [0.29, 0.717) is 31.2 Å². The number of nitrogens with zero attached hydrogens (tertiary/aromatic N) is 2. The Morgan fingerprint density at radius 2 is 2.33 bits per heavy atom. The fraction of sp³-hybridized carbons (Fsp3) is 0.667. The van der Waals surface area contributed by atoms with E-state index in [0.717, 1.165) is 6.54 Å².